The van der Waals surface area contributed by atoms with Crippen molar-refractivity contribution in [3.8, 4) is 0 Å². The number of benzene rings is 2. The molecule has 3 rings (SSSR count). The van der Waals surface area contributed by atoms with E-state index in [1.54, 1.807) is 0 Å². The van der Waals surface area contributed by atoms with E-state index in [0.29, 0.717) is 19.4 Å². The summed E-state index contributed by atoms with van der Waals surface area (Å²) in [6.07, 6.45) is 2.53. The van der Waals surface area contributed by atoms with E-state index in [1.165, 1.54) is 11.1 Å². The van der Waals surface area contributed by atoms with Crippen molar-refractivity contribution in [1.29, 1.82) is 0 Å². The van der Waals surface area contributed by atoms with Crippen molar-refractivity contribution in [2.24, 2.45) is 0 Å². The molecule has 0 atom stereocenters. The van der Waals surface area contributed by atoms with Gasteiger partial charge in [-0.25, -0.2) is 0 Å². The fourth-order valence-corrected chi connectivity index (χ4v) is 2.96. The Hall–Kier alpha value is -2.62. The number of rotatable bonds is 5. The van der Waals surface area contributed by atoms with Crippen molar-refractivity contribution in [2.45, 2.75) is 39.2 Å². The van der Waals surface area contributed by atoms with Gasteiger partial charge in [-0.2, -0.15) is 0 Å². The molecule has 2 amide bonds. The molecule has 2 N–H and O–H groups in total. The Morgan fingerprint density at radius 3 is 2.83 bits per heavy atom. The van der Waals surface area contributed by atoms with Crippen molar-refractivity contribution in [3.63, 3.8) is 0 Å². The maximum atomic E-state index is 12.0. The average molecular weight is 322 g/mol. The summed E-state index contributed by atoms with van der Waals surface area (Å²) in [7, 11) is 0. The van der Waals surface area contributed by atoms with Gasteiger partial charge in [-0.15, -0.1) is 0 Å². The molecule has 0 bridgehead atoms. The number of fused-ring (bicyclic) bond motifs is 1. The first-order valence-corrected chi connectivity index (χ1v) is 8.34. The summed E-state index contributed by atoms with van der Waals surface area (Å²) in [4.78, 5) is 23.4. The molecule has 4 heteroatoms. The predicted octanol–water partition coefficient (Wildman–Crippen LogP) is 3.13. The van der Waals surface area contributed by atoms with Crippen LogP contribution in [0.25, 0.3) is 0 Å². The molecule has 2 aromatic carbocycles. The molecule has 1 aliphatic heterocycles. The van der Waals surface area contributed by atoms with Crippen LogP contribution in [0.5, 0.6) is 0 Å². The number of aryl methyl sites for hydroxylation is 3. The van der Waals surface area contributed by atoms with Crippen LogP contribution in [0.3, 0.4) is 0 Å². The van der Waals surface area contributed by atoms with Crippen LogP contribution in [0.15, 0.2) is 42.5 Å². The molecule has 0 saturated heterocycles. The zero-order valence-corrected chi connectivity index (χ0v) is 13.9. The molecule has 0 aromatic heterocycles. The van der Waals surface area contributed by atoms with Gasteiger partial charge < -0.3 is 10.6 Å². The minimum Gasteiger partial charge on any atom is -0.352 e. The van der Waals surface area contributed by atoms with Crippen LogP contribution in [0.4, 0.5) is 5.69 Å². The van der Waals surface area contributed by atoms with Gasteiger partial charge in [-0.1, -0.05) is 42.0 Å². The molecule has 2 aromatic rings. The molecule has 0 saturated carbocycles. The number of carbonyl (C=O) groups excluding carboxylic acids is 2. The quantitative estimate of drug-likeness (QED) is 0.888. The minimum atomic E-state index is 0.0579. The third-order valence-corrected chi connectivity index (χ3v) is 4.28. The highest BCUT2D eigenvalue weighted by atomic mass is 16.2. The molecule has 0 spiro atoms. The third-order valence-electron chi connectivity index (χ3n) is 4.28. The molecule has 0 unspecified atom stereocenters. The lowest BCUT2D eigenvalue weighted by molar-refractivity contribution is -0.121. The van der Waals surface area contributed by atoms with Gasteiger partial charge in [0.15, 0.2) is 0 Å². The van der Waals surface area contributed by atoms with Gasteiger partial charge in [0.2, 0.25) is 11.8 Å². The summed E-state index contributed by atoms with van der Waals surface area (Å²) < 4.78 is 0. The lowest BCUT2D eigenvalue weighted by Crippen LogP contribution is -2.23. The third kappa shape index (κ3) is 4.22. The Bertz CT molecular complexity index is 768. The Balaban J connectivity index is 1.50. The summed E-state index contributed by atoms with van der Waals surface area (Å²) in [5, 5.41) is 5.84. The van der Waals surface area contributed by atoms with Gasteiger partial charge in [0, 0.05) is 25.1 Å². The first-order valence-electron chi connectivity index (χ1n) is 8.34. The van der Waals surface area contributed by atoms with Crippen molar-refractivity contribution in [2.75, 3.05) is 5.32 Å². The van der Waals surface area contributed by atoms with E-state index in [1.807, 2.05) is 18.2 Å². The van der Waals surface area contributed by atoms with Gasteiger partial charge >= 0.3 is 0 Å². The Labute approximate surface area is 142 Å². The smallest absolute Gasteiger partial charge is 0.224 e. The summed E-state index contributed by atoms with van der Waals surface area (Å²) >= 11 is 0. The van der Waals surface area contributed by atoms with E-state index in [9.17, 15) is 9.59 Å². The molecule has 0 fully saturated rings. The molecular formula is C20H22N2O2. The average Bonchev–Trinajstić information content (AvgIpc) is 2.58. The lowest BCUT2D eigenvalue weighted by atomic mass is 10.0. The van der Waals surface area contributed by atoms with Crippen molar-refractivity contribution in [1.82, 2.24) is 5.32 Å². The van der Waals surface area contributed by atoms with Gasteiger partial charge in [-0.05, 0) is 42.5 Å². The van der Waals surface area contributed by atoms with Crippen LogP contribution in [-0.2, 0) is 29.0 Å². The van der Waals surface area contributed by atoms with Crippen LogP contribution < -0.4 is 10.6 Å². The second-order valence-electron chi connectivity index (χ2n) is 6.31. The number of hydrogen-bond acceptors (Lipinski definition) is 2. The van der Waals surface area contributed by atoms with Gasteiger partial charge in [0.05, 0.1) is 0 Å². The van der Waals surface area contributed by atoms with Crippen LogP contribution >= 0.6 is 0 Å². The fraction of sp³-hybridized carbons (Fsp3) is 0.300. The van der Waals surface area contributed by atoms with Crippen molar-refractivity contribution >= 4 is 17.5 Å². The zero-order valence-electron chi connectivity index (χ0n) is 13.9. The molecule has 4 nitrogen and oxygen atoms in total. The Morgan fingerprint density at radius 2 is 2.00 bits per heavy atom. The highest BCUT2D eigenvalue weighted by molar-refractivity contribution is 5.93. The summed E-state index contributed by atoms with van der Waals surface area (Å²) in [5.74, 6) is 0.127. The molecular weight excluding hydrogens is 300 g/mol. The molecule has 124 valence electrons. The highest BCUT2D eigenvalue weighted by Gasteiger charge is 2.14. The van der Waals surface area contributed by atoms with E-state index in [-0.39, 0.29) is 11.8 Å². The molecule has 1 aliphatic rings. The number of nitrogens with one attached hydrogen (secondary N) is 2. The van der Waals surface area contributed by atoms with E-state index in [0.717, 1.165) is 29.7 Å². The zero-order chi connectivity index (χ0) is 16.9. The minimum absolute atomic E-state index is 0.0579. The van der Waals surface area contributed by atoms with Crippen molar-refractivity contribution < 1.29 is 9.59 Å². The summed E-state index contributed by atoms with van der Waals surface area (Å²) in [6.45, 7) is 2.58. The topological polar surface area (TPSA) is 58.2 Å². The number of amides is 2. The molecule has 0 radical (unpaired) electrons. The molecule has 0 aliphatic carbocycles. The monoisotopic (exact) mass is 322 g/mol. The van der Waals surface area contributed by atoms with E-state index in [2.05, 4.69) is 41.8 Å². The van der Waals surface area contributed by atoms with Gasteiger partial charge in [0.25, 0.3) is 0 Å². The first-order chi connectivity index (χ1) is 11.6. The predicted molar refractivity (Wildman–Crippen MR) is 94.7 cm³/mol. The van der Waals surface area contributed by atoms with Crippen molar-refractivity contribution in [3.05, 3.63) is 64.7 Å². The normalized spacial score (nSPS) is 13.1. The highest BCUT2D eigenvalue weighted by Crippen LogP contribution is 2.23. The van der Waals surface area contributed by atoms with Gasteiger partial charge in [-0.3, -0.25) is 9.59 Å². The summed E-state index contributed by atoms with van der Waals surface area (Å²) in [5.41, 5.74) is 5.50. The van der Waals surface area contributed by atoms with E-state index >= 15 is 0 Å². The molecule has 24 heavy (non-hydrogen) atoms. The largest absolute Gasteiger partial charge is 0.352 e. The maximum absolute atomic E-state index is 12.0. The van der Waals surface area contributed by atoms with Crippen LogP contribution in [0, 0.1) is 6.92 Å². The fourth-order valence-electron chi connectivity index (χ4n) is 2.96. The number of carbonyl (C=O) groups is 2. The lowest BCUT2D eigenvalue weighted by Gasteiger charge is -2.17. The van der Waals surface area contributed by atoms with Gasteiger partial charge in [0.1, 0.15) is 0 Å². The first kappa shape index (κ1) is 16.2. The van der Waals surface area contributed by atoms with E-state index < -0.39 is 0 Å². The number of anilines is 1. The standard InChI is InChI=1S/C20H22N2O2/c1-14-3-2-4-15(11-14)6-9-19(23)21-13-16-5-8-18-17(12-16)7-10-20(24)22-18/h2-5,8,11-12H,6-7,9-10,13H2,1H3,(H,21,23)(H,22,24). The Morgan fingerprint density at radius 1 is 1.12 bits per heavy atom. The SMILES string of the molecule is Cc1cccc(CCC(=O)NCc2ccc3c(c2)CCC(=O)N3)c1. The van der Waals surface area contributed by atoms with E-state index in [4.69, 9.17) is 0 Å². The van der Waals surface area contributed by atoms with Crippen LogP contribution in [-0.4, -0.2) is 11.8 Å². The summed E-state index contributed by atoms with van der Waals surface area (Å²) in [6, 6.07) is 14.2. The molecule has 1 heterocycles. The number of hydrogen-bond donors (Lipinski definition) is 2. The van der Waals surface area contributed by atoms with Crippen LogP contribution in [0.1, 0.15) is 35.1 Å². The second kappa shape index (κ2) is 7.30. The maximum Gasteiger partial charge on any atom is 0.224 e. The second-order valence-corrected chi connectivity index (χ2v) is 6.31. The Kier molecular flexibility index (Phi) is 4.94. The van der Waals surface area contributed by atoms with Crippen LogP contribution in [0.2, 0.25) is 0 Å².